The monoisotopic (exact) mass is 275 g/mol. The first kappa shape index (κ1) is 13.6. The molecule has 3 rings (SSSR count). The molecular formula is C17H22FNO. The molecule has 1 aromatic carbocycles. The molecule has 0 heterocycles. The van der Waals surface area contributed by atoms with Crippen molar-refractivity contribution < 1.29 is 9.23 Å². The smallest absolute Gasteiger partial charge is 0.142 e. The third kappa shape index (κ3) is 3.59. The van der Waals surface area contributed by atoms with Crippen LogP contribution in [-0.2, 0) is 11.4 Å². The van der Waals surface area contributed by atoms with E-state index >= 15 is 0 Å². The number of oxime groups is 1. The Morgan fingerprint density at radius 3 is 2.20 bits per heavy atom. The zero-order valence-electron chi connectivity index (χ0n) is 11.8. The van der Waals surface area contributed by atoms with Crippen LogP contribution in [0.25, 0.3) is 0 Å². The van der Waals surface area contributed by atoms with E-state index in [0.29, 0.717) is 31.3 Å². The summed E-state index contributed by atoms with van der Waals surface area (Å²) >= 11 is 0. The third-order valence-corrected chi connectivity index (χ3v) is 4.31. The summed E-state index contributed by atoms with van der Waals surface area (Å²) in [4.78, 5) is 5.56. The lowest BCUT2D eigenvalue weighted by Crippen LogP contribution is -2.24. The molecule has 0 N–H and O–H groups in total. The summed E-state index contributed by atoms with van der Waals surface area (Å²) in [5.41, 5.74) is 2.34. The second kappa shape index (κ2) is 6.38. The summed E-state index contributed by atoms with van der Waals surface area (Å²) in [6.45, 7) is 0.523. The average Bonchev–Trinajstić information content (AvgIpc) is 3.31. The lowest BCUT2D eigenvalue weighted by atomic mass is 9.83. The van der Waals surface area contributed by atoms with Crippen LogP contribution in [0.4, 0.5) is 4.39 Å². The van der Waals surface area contributed by atoms with Crippen LogP contribution in [0.3, 0.4) is 0 Å². The maximum absolute atomic E-state index is 13.2. The number of alkyl halides is 1. The molecule has 2 aliphatic carbocycles. The van der Waals surface area contributed by atoms with Crippen LogP contribution in [0, 0.1) is 11.8 Å². The molecule has 2 aliphatic rings. The van der Waals surface area contributed by atoms with Crippen molar-refractivity contribution in [2.75, 3.05) is 0 Å². The molecule has 0 aromatic heterocycles. The number of nitrogens with zero attached hydrogens (tertiary/aromatic N) is 1. The van der Waals surface area contributed by atoms with E-state index in [-0.39, 0.29) is 0 Å². The average molecular weight is 275 g/mol. The Kier molecular flexibility index (Phi) is 4.34. The lowest BCUT2D eigenvalue weighted by molar-refractivity contribution is 0.126. The summed E-state index contributed by atoms with van der Waals surface area (Å²) in [6, 6.07) is 10.1. The van der Waals surface area contributed by atoms with Gasteiger partial charge < -0.3 is 4.84 Å². The van der Waals surface area contributed by atoms with Crippen molar-refractivity contribution in [3.8, 4) is 0 Å². The van der Waals surface area contributed by atoms with Gasteiger partial charge in [0.2, 0.25) is 0 Å². The number of hydrogen-bond acceptors (Lipinski definition) is 2. The highest BCUT2D eigenvalue weighted by Gasteiger charge is 2.35. The van der Waals surface area contributed by atoms with E-state index in [0.717, 1.165) is 18.4 Å². The summed E-state index contributed by atoms with van der Waals surface area (Å²) in [6.07, 6.45) is 5.10. The largest absolute Gasteiger partial charge is 0.391 e. The molecule has 0 saturated heterocycles. The topological polar surface area (TPSA) is 21.6 Å². The van der Waals surface area contributed by atoms with E-state index < -0.39 is 6.17 Å². The molecule has 108 valence electrons. The van der Waals surface area contributed by atoms with Gasteiger partial charge >= 0.3 is 0 Å². The molecule has 2 fully saturated rings. The molecule has 20 heavy (non-hydrogen) atoms. The van der Waals surface area contributed by atoms with Crippen LogP contribution in [0.1, 0.15) is 44.1 Å². The molecule has 1 aromatic rings. The predicted octanol–water partition coefficient (Wildman–Crippen LogP) is 4.50. The number of hydrogen-bond donors (Lipinski definition) is 0. The van der Waals surface area contributed by atoms with E-state index in [1.165, 1.54) is 18.6 Å². The summed E-state index contributed by atoms with van der Waals surface area (Å²) in [7, 11) is 0. The van der Waals surface area contributed by atoms with Gasteiger partial charge in [-0.05, 0) is 44.1 Å². The minimum absolute atomic E-state index is 0.449. The predicted molar refractivity (Wildman–Crippen MR) is 78.2 cm³/mol. The van der Waals surface area contributed by atoms with Crippen LogP contribution in [0.15, 0.2) is 35.5 Å². The molecule has 0 spiro atoms. The van der Waals surface area contributed by atoms with Gasteiger partial charge in [0.1, 0.15) is 12.8 Å². The number of halogens is 1. The minimum atomic E-state index is -0.600. The third-order valence-electron chi connectivity index (χ3n) is 4.31. The second-order valence-electron chi connectivity index (χ2n) is 6.00. The molecule has 0 bridgehead atoms. The number of rotatable bonds is 5. The van der Waals surface area contributed by atoms with Crippen molar-refractivity contribution in [2.24, 2.45) is 17.0 Å². The maximum atomic E-state index is 13.2. The highest BCUT2D eigenvalue weighted by molar-refractivity contribution is 5.90. The van der Waals surface area contributed by atoms with Gasteiger partial charge in [0.25, 0.3) is 0 Å². The lowest BCUT2D eigenvalue weighted by Gasteiger charge is -2.25. The van der Waals surface area contributed by atoms with Gasteiger partial charge in [-0.25, -0.2) is 4.39 Å². The fraction of sp³-hybridized carbons (Fsp3) is 0.588. The van der Waals surface area contributed by atoms with Crippen molar-refractivity contribution in [3.63, 3.8) is 0 Å². The van der Waals surface area contributed by atoms with E-state index in [9.17, 15) is 4.39 Å². The first-order valence-electron chi connectivity index (χ1n) is 7.70. The molecule has 2 saturated carbocycles. The van der Waals surface area contributed by atoms with Crippen molar-refractivity contribution >= 4 is 5.71 Å². The van der Waals surface area contributed by atoms with E-state index in [4.69, 9.17) is 4.84 Å². The summed E-state index contributed by atoms with van der Waals surface area (Å²) in [5.74, 6) is 1.05. The molecule has 0 aliphatic heterocycles. The van der Waals surface area contributed by atoms with Gasteiger partial charge in [0.05, 0.1) is 5.71 Å². The molecule has 2 nitrogen and oxygen atoms in total. The molecule has 0 unspecified atom stereocenters. The highest BCUT2D eigenvalue weighted by atomic mass is 19.1. The summed E-state index contributed by atoms with van der Waals surface area (Å²) < 4.78 is 13.2. The molecule has 3 heteroatoms. The normalized spacial score (nSPS) is 27.4. The molecule has 0 atom stereocenters. The van der Waals surface area contributed by atoms with Gasteiger partial charge in [0, 0.05) is 11.8 Å². The van der Waals surface area contributed by atoms with E-state index in [2.05, 4.69) is 5.16 Å². The van der Waals surface area contributed by atoms with Crippen LogP contribution >= 0.6 is 0 Å². The van der Waals surface area contributed by atoms with Crippen molar-refractivity contribution in [2.45, 2.75) is 51.3 Å². The van der Waals surface area contributed by atoms with Gasteiger partial charge in [-0.3, -0.25) is 0 Å². The first-order chi connectivity index (χ1) is 9.83. The zero-order valence-corrected chi connectivity index (χ0v) is 11.8. The Labute approximate surface area is 120 Å². The molecule has 0 radical (unpaired) electrons. The fourth-order valence-corrected chi connectivity index (χ4v) is 2.97. The second-order valence-corrected chi connectivity index (χ2v) is 6.00. The standard InChI is InChI=1S/C17H22FNO/c18-16-10-8-15(9-11-16)17(14-6-7-14)19-20-12-13-4-2-1-3-5-13/h1-5,14-16H,6-12H2/b19-17-. The SMILES string of the molecule is FC1CCC(/C(=N\OCc2ccccc2)C2CC2)CC1. The first-order valence-corrected chi connectivity index (χ1v) is 7.70. The Hall–Kier alpha value is -1.38. The van der Waals surface area contributed by atoms with Crippen molar-refractivity contribution in [1.29, 1.82) is 0 Å². The molecule has 0 amide bonds. The highest BCUT2D eigenvalue weighted by Crippen LogP contribution is 2.38. The van der Waals surface area contributed by atoms with E-state index in [1.807, 2.05) is 30.3 Å². The van der Waals surface area contributed by atoms with Gasteiger partial charge in [-0.2, -0.15) is 0 Å². The van der Waals surface area contributed by atoms with Crippen LogP contribution in [0.2, 0.25) is 0 Å². The van der Waals surface area contributed by atoms with Crippen LogP contribution in [0.5, 0.6) is 0 Å². The Balaban J connectivity index is 1.57. The van der Waals surface area contributed by atoms with E-state index in [1.54, 1.807) is 0 Å². The minimum Gasteiger partial charge on any atom is -0.391 e. The fourth-order valence-electron chi connectivity index (χ4n) is 2.97. The Bertz CT molecular complexity index is 447. The molecular weight excluding hydrogens is 253 g/mol. The Morgan fingerprint density at radius 2 is 1.60 bits per heavy atom. The van der Waals surface area contributed by atoms with Crippen molar-refractivity contribution in [1.82, 2.24) is 0 Å². The van der Waals surface area contributed by atoms with Crippen molar-refractivity contribution in [3.05, 3.63) is 35.9 Å². The maximum Gasteiger partial charge on any atom is 0.142 e. The van der Waals surface area contributed by atoms with Gasteiger partial charge in [-0.1, -0.05) is 35.5 Å². The quantitative estimate of drug-likeness (QED) is 0.573. The van der Waals surface area contributed by atoms with Crippen LogP contribution < -0.4 is 0 Å². The summed E-state index contributed by atoms with van der Waals surface area (Å²) in [5, 5.41) is 4.42. The zero-order chi connectivity index (χ0) is 13.8. The Morgan fingerprint density at radius 1 is 1.00 bits per heavy atom. The number of benzene rings is 1. The van der Waals surface area contributed by atoms with Crippen LogP contribution in [-0.4, -0.2) is 11.9 Å². The van der Waals surface area contributed by atoms with Gasteiger partial charge in [-0.15, -0.1) is 0 Å². The van der Waals surface area contributed by atoms with Gasteiger partial charge in [0.15, 0.2) is 0 Å².